The molecule has 1 saturated heterocycles. The lowest BCUT2D eigenvalue weighted by Crippen LogP contribution is -2.32. The van der Waals surface area contributed by atoms with Crippen LogP contribution in [0.5, 0.6) is 5.75 Å². The van der Waals surface area contributed by atoms with Crippen LogP contribution in [0, 0.1) is 5.92 Å². The van der Waals surface area contributed by atoms with Gasteiger partial charge >= 0.3 is 0 Å². The number of rotatable bonds is 7. The van der Waals surface area contributed by atoms with E-state index in [1.165, 1.54) is 12.1 Å². The number of anilines is 1. The van der Waals surface area contributed by atoms with Crippen molar-refractivity contribution in [2.75, 3.05) is 51.9 Å². The number of benzene rings is 1. The maximum Gasteiger partial charge on any atom is 0.120 e. The Morgan fingerprint density at radius 2 is 2.37 bits per heavy atom. The van der Waals surface area contributed by atoms with Gasteiger partial charge in [0.25, 0.3) is 0 Å². The van der Waals surface area contributed by atoms with E-state index in [4.69, 9.17) is 9.47 Å². The largest absolute Gasteiger partial charge is 0.497 e. The van der Waals surface area contributed by atoms with Gasteiger partial charge < -0.3 is 19.7 Å². The highest BCUT2D eigenvalue weighted by Gasteiger charge is 2.14. The van der Waals surface area contributed by atoms with Gasteiger partial charge in [0, 0.05) is 45.0 Å². The summed E-state index contributed by atoms with van der Waals surface area (Å²) in [6, 6.07) is 8.15. The second-order valence-corrected chi connectivity index (χ2v) is 5.06. The summed E-state index contributed by atoms with van der Waals surface area (Å²) in [5.41, 5.74) is 1.19. The van der Waals surface area contributed by atoms with Crippen LogP contribution in [-0.4, -0.2) is 47.0 Å². The molecular formula is C15H24N2O2. The molecule has 1 unspecified atom stereocenters. The van der Waals surface area contributed by atoms with Gasteiger partial charge in [-0.15, -0.1) is 0 Å². The van der Waals surface area contributed by atoms with Crippen molar-refractivity contribution in [2.24, 2.45) is 5.92 Å². The Morgan fingerprint density at radius 1 is 1.47 bits per heavy atom. The summed E-state index contributed by atoms with van der Waals surface area (Å²) in [7, 11) is 3.81. The SMILES string of the molecule is COc1cccc(N(C)CCNCC2CCOC2)c1. The first kappa shape index (κ1) is 14.2. The van der Waals surface area contributed by atoms with Crippen LogP contribution in [0.2, 0.25) is 0 Å². The normalized spacial score (nSPS) is 18.5. The second-order valence-electron chi connectivity index (χ2n) is 5.06. The van der Waals surface area contributed by atoms with Crippen molar-refractivity contribution in [2.45, 2.75) is 6.42 Å². The Morgan fingerprint density at radius 3 is 3.11 bits per heavy atom. The molecular weight excluding hydrogens is 240 g/mol. The minimum absolute atomic E-state index is 0.696. The number of nitrogens with one attached hydrogen (secondary N) is 1. The van der Waals surface area contributed by atoms with E-state index in [1.807, 2.05) is 12.1 Å². The number of ether oxygens (including phenoxy) is 2. The maximum absolute atomic E-state index is 5.37. The Hall–Kier alpha value is -1.26. The molecule has 1 aromatic carbocycles. The fourth-order valence-electron chi connectivity index (χ4n) is 2.27. The average Bonchev–Trinajstić information content (AvgIpc) is 2.96. The number of nitrogens with zero attached hydrogens (tertiary/aromatic N) is 1. The zero-order valence-corrected chi connectivity index (χ0v) is 11.9. The Kier molecular flexibility index (Phi) is 5.48. The molecule has 1 aromatic rings. The Labute approximate surface area is 115 Å². The lowest BCUT2D eigenvalue weighted by molar-refractivity contribution is 0.185. The van der Waals surface area contributed by atoms with E-state index in [1.54, 1.807) is 7.11 Å². The molecule has 2 rings (SSSR count). The van der Waals surface area contributed by atoms with E-state index in [9.17, 15) is 0 Å². The molecule has 19 heavy (non-hydrogen) atoms. The molecule has 0 spiro atoms. The van der Waals surface area contributed by atoms with E-state index in [0.717, 1.165) is 38.6 Å². The van der Waals surface area contributed by atoms with Crippen LogP contribution in [-0.2, 0) is 4.74 Å². The smallest absolute Gasteiger partial charge is 0.120 e. The van der Waals surface area contributed by atoms with Crippen molar-refractivity contribution in [1.29, 1.82) is 0 Å². The fourth-order valence-corrected chi connectivity index (χ4v) is 2.27. The number of hydrogen-bond donors (Lipinski definition) is 1. The van der Waals surface area contributed by atoms with Crippen LogP contribution in [0.1, 0.15) is 6.42 Å². The molecule has 4 heteroatoms. The van der Waals surface area contributed by atoms with Crippen molar-refractivity contribution in [1.82, 2.24) is 5.32 Å². The summed E-state index contributed by atoms with van der Waals surface area (Å²) in [4.78, 5) is 2.24. The van der Waals surface area contributed by atoms with Crippen LogP contribution in [0.25, 0.3) is 0 Å². The molecule has 0 amide bonds. The van der Waals surface area contributed by atoms with Crippen LogP contribution < -0.4 is 15.0 Å². The first-order valence-electron chi connectivity index (χ1n) is 6.93. The Balaban J connectivity index is 1.69. The summed E-state index contributed by atoms with van der Waals surface area (Å²) in [5, 5.41) is 3.50. The Bertz CT molecular complexity index is 378. The molecule has 1 heterocycles. The molecule has 0 aliphatic carbocycles. The third-order valence-corrected chi connectivity index (χ3v) is 3.58. The van der Waals surface area contributed by atoms with Crippen LogP contribution >= 0.6 is 0 Å². The topological polar surface area (TPSA) is 33.7 Å². The first-order chi connectivity index (χ1) is 9.29. The van der Waals surface area contributed by atoms with E-state index < -0.39 is 0 Å². The molecule has 1 aliphatic heterocycles. The first-order valence-corrected chi connectivity index (χ1v) is 6.93. The van der Waals surface area contributed by atoms with Gasteiger partial charge in [0.15, 0.2) is 0 Å². The molecule has 4 nitrogen and oxygen atoms in total. The quantitative estimate of drug-likeness (QED) is 0.761. The summed E-state index contributed by atoms with van der Waals surface area (Å²) < 4.78 is 10.6. The van der Waals surface area contributed by atoms with Gasteiger partial charge in [0.2, 0.25) is 0 Å². The monoisotopic (exact) mass is 264 g/mol. The molecule has 1 atom stereocenters. The molecule has 1 N–H and O–H groups in total. The third kappa shape index (κ3) is 4.40. The molecule has 0 radical (unpaired) electrons. The van der Waals surface area contributed by atoms with Crippen molar-refractivity contribution in [3.05, 3.63) is 24.3 Å². The summed E-state index contributed by atoms with van der Waals surface area (Å²) in [5.74, 6) is 1.60. The van der Waals surface area contributed by atoms with Crippen molar-refractivity contribution < 1.29 is 9.47 Å². The third-order valence-electron chi connectivity index (χ3n) is 3.58. The van der Waals surface area contributed by atoms with E-state index >= 15 is 0 Å². The van der Waals surface area contributed by atoms with Gasteiger partial charge in [-0.05, 0) is 24.5 Å². The van der Waals surface area contributed by atoms with Gasteiger partial charge in [0.1, 0.15) is 5.75 Å². The molecule has 0 bridgehead atoms. The zero-order chi connectivity index (χ0) is 13.5. The average molecular weight is 264 g/mol. The van der Waals surface area contributed by atoms with E-state index in [2.05, 4.69) is 29.4 Å². The van der Waals surface area contributed by atoms with E-state index in [0.29, 0.717) is 5.92 Å². The summed E-state index contributed by atoms with van der Waals surface area (Å²) in [6.07, 6.45) is 1.19. The summed E-state index contributed by atoms with van der Waals surface area (Å²) in [6.45, 7) is 4.88. The van der Waals surface area contributed by atoms with E-state index in [-0.39, 0.29) is 0 Å². The predicted molar refractivity (Wildman–Crippen MR) is 78.1 cm³/mol. The number of hydrogen-bond acceptors (Lipinski definition) is 4. The molecule has 1 fully saturated rings. The lowest BCUT2D eigenvalue weighted by atomic mass is 10.1. The highest BCUT2D eigenvalue weighted by Crippen LogP contribution is 2.19. The molecule has 0 saturated carbocycles. The fraction of sp³-hybridized carbons (Fsp3) is 0.600. The van der Waals surface area contributed by atoms with Crippen LogP contribution in [0.15, 0.2) is 24.3 Å². The second kappa shape index (κ2) is 7.36. The van der Waals surface area contributed by atoms with Crippen LogP contribution in [0.4, 0.5) is 5.69 Å². The van der Waals surface area contributed by atoms with Gasteiger partial charge in [-0.1, -0.05) is 6.07 Å². The van der Waals surface area contributed by atoms with Gasteiger partial charge in [-0.3, -0.25) is 0 Å². The van der Waals surface area contributed by atoms with Crippen molar-refractivity contribution in [3.8, 4) is 5.75 Å². The highest BCUT2D eigenvalue weighted by molar-refractivity contribution is 5.50. The molecule has 1 aliphatic rings. The van der Waals surface area contributed by atoms with Crippen LogP contribution in [0.3, 0.4) is 0 Å². The van der Waals surface area contributed by atoms with Crippen molar-refractivity contribution in [3.63, 3.8) is 0 Å². The predicted octanol–water partition coefficient (Wildman–Crippen LogP) is 1.76. The molecule has 0 aromatic heterocycles. The van der Waals surface area contributed by atoms with Gasteiger partial charge in [0.05, 0.1) is 13.7 Å². The summed E-state index contributed by atoms with van der Waals surface area (Å²) >= 11 is 0. The van der Waals surface area contributed by atoms with Gasteiger partial charge in [-0.25, -0.2) is 0 Å². The van der Waals surface area contributed by atoms with Crippen molar-refractivity contribution >= 4 is 5.69 Å². The zero-order valence-electron chi connectivity index (χ0n) is 11.9. The minimum Gasteiger partial charge on any atom is -0.497 e. The number of methoxy groups -OCH3 is 1. The lowest BCUT2D eigenvalue weighted by Gasteiger charge is -2.20. The van der Waals surface area contributed by atoms with Gasteiger partial charge in [-0.2, -0.15) is 0 Å². The standard InChI is InChI=1S/C15H24N2O2/c1-17(14-4-3-5-15(10-14)18-2)8-7-16-11-13-6-9-19-12-13/h3-5,10,13,16H,6-9,11-12H2,1-2H3. The number of likely N-dealkylation sites (N-methyl/N-ethyl adjacent to an activating group) is 1. The highest BCUT2D eigenvalue weighted by atomic mass is 16.5. The molecule has 106 valence electrons. The minimum atomic E-state index is 0.696. The maximum atomic E-state index is 5.37.